The van der Waals surface area contributed by atoms with Crippen molar-refractivity contribution in [1.29, 1.82) is 10.5 Å². The molecule has 126 valence electrons. The number of nitrogens with zero attached hydrogens (tertiary/aromatic N) is 2. The van der Waals surface area contributed by atoms with E-state index in [9.17, 15) is 20.4 Å². The topological polar surface area (TPSA) is 127 Å². The lowest BCUT2D eigenvalue weighted by molar-refractivity contribution is 0.282. The number of nitrogens with one attached hydrogen (secondary N) is 1. The molecule has 4 N–H and O–H groups in total. The van der Waals surface area contributed by atoms with Crippen LogP contribution in [0.2, 0.25) is 0 Å². The summed E-state index contributed by atoms with van der Waals surface area (Å²) in [4.78, 5) is 14.5. The molecule has 6 heteroatoms. The highest BCUT2D eigenvalue weighted by atomic mass is 16.3. The first-order valence-electron chi connectivity index (χ1n) is 7.76. The average Bonchev–Trinajstić information content (AvgIpc) is 2.67. The SMILES string of the molecule is N#Cc1c(N)[nH]c(=O)c(C#N)c1-c1ccccc1-c1cccc(CO)c1. The van der Waals surface area contributed by atoms with Crippen LogP contribution >= 0.6 is 0 Å². The van der Waals surface area contributed by atoms with Crippen LogP contribution in [0.25, 0.3) is 22.3 Å². The van der Waals surface area contributed by atoms with Gasteiger partial charge in [-0.1, -0.05) is 42.5 Å². The highest BCUT2D eigenvalue weighted by Gasteiger charge is 2.20. The maximum absolute atomic E-state index is 12.2. The first-order chi connectivity index (χ1) is 12.6. The van der Waals surface area contributed by atoms with Gasteiger partial charge in [0.2, 0.25) is 0 Å². The molecule has 1 aromatic heterocycles. The third kappa shape index (κ3) is 2.82. The van der Waals surface area contributed by atoms with Crippen LogP contribution < -0.4 is 11.3 Å². The minimum Gasteiger partial charge on any atom is -0.392 e. The van der Waals surface area contributed by atoms with E-state index in [1.54, 1.807) is 24.3 Å². The van der Waals surface area contributed by atoms with Crippen molar-refractivity contribution in [2.75, 3.05) is 5.73 Å². The van der Waals surface area contributed by atoms with Gasteiger partial charge in [-0.15, -0.1) is 0 Å². The van der Waals surface area contributed by atoms with E-state index in [-0.39, 0.29) is 29.1 Å². The second-order valence-corrected chi connectivity index (χ2v) is 5.62. The van der Waals surface area contributed by atoms with Crippen LogP contribution in [0.4, 0.5) is 5.82 Å². The van der Waals surface area contributed by atoms with Crippen LogP contribution in [-0.4, -0.2) is 10.1 Å². The Bertz CT molecular complexity index is 1130. The molecular formula is C20H14N4O2. The number of aliphatic hydroxyl groups excluding tert-OH is 1. The number of nitrogens with two attached hydrogens (primary N) is 1. The molecule has 26 heavy (non-hydrogen) atoms. The molecule has 3 aromatic rings. The van der Waals surface area contributed by atoms with Crippen molar-refractivity contribution in [3.8, 4) is 34.4 Å². The van der Waals surface area contributed by atoms with E-state index in [0.29, 0.717) is 5.56 Å². The van der Waals surface area contributed by atoms with E-state index >= 15 is 0 Å². The number of nitriles is 2. The van der Waals surface area contributed by atoms with Gasteiger partial charge >= 0.3 is 0 Å². The lowest BCUT2D eigenvalue weighted by Gasteiger charge is -2.14. The van der Waals surface area contributed by atoms with Crippen LogP contribution in [0.3, 0.4) is 0 Å². The number of hydrogen-bond donors (Lipinski definition) is 3. The number of aromatic nitrogens is 1. The fraction of sp³-hybridized carbons (Fsp3) is 0.0500. The third-order valence-corrected chi connectivity index (χ3v) is 4.09. The molecule has 0 aliphatic carbocycles. The van der Waals surface area contributed by atoms with Crippen molar-refractivity contribution in [3.63, 3.8) is 0 Å². The second-order valence-electron chi connectivity index (χ2n) is 5.62. The summed E-state index contributed by atoms with van der Waals surface area (Å²) in [7, 11) is 0. The number of hydrogen-bond acceptors (Lipinski definition) is 5. The van der Waals surface area contributed by atoms with Gasteiger partial charge in [-0.3, -0.25) is 4.79 Å². The highest BCUT2D eigenvalue weighted by Crippen LogP contribution is 2.36. The Morgan fingerprint density at radius 2 is 1.69 bits per heavy atom. The number of nitrogen functional groups attached to an aromatic ring is 1. The number of aromatic amines is 1. The number of benzene rings is 2. The fourth-order valence-corrected chi connectivity index (χ4v) is 2.90. The van der Waals surface area contributed by atoms with Crippen molar-refractivity contribution in [3.05, 3.63) is 75.6 Å². The van der Waals surface area contributed by atoms with E-state index in [1.165, 1.54) is 0 Å². The summed E-state index contributed by atoms with van der Waals surface area (Å²) in [5.41, 5.74) is 8.05. The predicted molar refractivity (Wildman–Crippen MR) is 97.7 cm³/mol. The van der Waals surface area contributed by atoms with Gasteiger partial charge in [0.1, 0.15) is 29.1 Å². The standard InChI is InChI=1S/C20H14N4O2/c21-9-16-18(17(10-22)20(26)24-19(16)23)15-7-2-1-6-14(15)13-5-3-4-12(8-13)11-25/h1-8,25H,11H2,(H3,23,24,26). The summed E-state index contributed by atoms with van der Waals surface area (Å²) in [6, 6.07) is 18.3. The summed E-state index contributed by atoms with van der Waals surface area (Å²) in [5, 5.41) is 28.4. The number of anilines is 1. The largest absolute Gasteiger partial charge is 0.392 e. The molecular weight excluding hydrogens is 328 g/mol. The van der Waals surface area contributed by atoms with Crippen LogP contribution in [0.1, 0.15) is 16.7 Å². The van der Waals surface area contributed by atoms with E-state index in [2.05, 4.69) is 4.98 Å². The average molecular weight is 342 g/mol. The number of pyridine rings is 1. The Hall–Kier alpha value is -3.87. The van der Waals surface area contributed by atoms with E-state index < -0.39 is 5.56 Å². The molecule has 0 amide bonds. The van der Waals surface area contributed by atoms with Crippen LogP contribution in [0.15, 0.2) is 53.3 Å². The first-order valence-corrected chi connectivity index (χ1v) is 7.76. The summed E-state index contributed by atoms with van der Waals surface area (Å²) in [5.74, 6) is -0.0783. The fourth-order valence-electron chi connectivity index (χ4n) is 2.90. The molecule has 3 rings (SSSR count). The molecule has 6 nitrogen and oxygen atoms in total. The lowest BCUT2D eigenvalue weighted by atomic mass is 9.89. The quantitative estimate of drug-likeness (QED) is 0.674. The van der Waals surface area contributed by atoms with Crippen LogP contribution in [0, 0.1) is 22.7 Å². The van der Waals surface area contributed by atoms with Crippen molar-refractivity contribution in [2.24, 2.45) is 0 Å². The summed E-state index contributed by atoms with van der Waals surface area (Å²) >= 11 is 0. The summed E-state index contributed by atoms with van der Waals surface area (Å²) < 4.78 is 0. The Labute approximate surface area is 149 Å². The zero-order valence-electron chi connectivity index (χ0n) is 13.7. The normalized spacial score (nSPS) is 10.1. The van der Waals surface area contributed by atoms with Crippen molar-refractivity contribution in [2.45, 2.75) is 6.61 Å². The van der Waals surface area contributed by atoms with Gasteiger partial charge in [-0.25, -0.2) is 0 Å². The van der Waals surface area contributed by atoms with Crippen molar-refractivity contribution in [1.82, 2.24) is 4.98 Å². The first kappa shape index (κ1) is 17.0. The molecule has 0 fully saturated rings. The Kier molecular flexibility index (Phi) is 4.53. The molecule has 1 heterocycles. The molecule has 0 radical (unpaired) electrons. The van der Waals surface area contributed by atoms with Crippen LogP contribution in [0.5, 0.6) is 0 Å². The van der Waals surface area contributed by atoms with Gasteiger partial charge in [0.05, 0.1) is 6.61 Å². The van der Waals surface area contributed by atoms with Gasteiger partial charge < -0.3 is 15.8 Å². The lowest BCUT2D eigenvalue weighted by Crippen LogP contribution is -2.16. The zero-order valence-corrected chi connectivity index (χ0v) is 13.7. The number of H-pyrrole nitrogens is 1. The van der Waals surface area contributed by atoms with Gasteiger partial charge in [0.25, 0.3) is 5.56 Å². The summed E-state index contributed by atoms with van der Waals surface area (Å²) in [6.45, 7) is -0.110. The van der Waals surface area contributed by atoms with Crippen molar-refractivity contribution < 1.29 is 5.11 Å². The van der Waals surface area contributed by atoms with E-state index in [0.717, 1.165) is 16.7 Å². The van der Waals surface area contributed by atoms with E-state index in [4.69, 9.17) is 5.73 Å². The molecule has 2 aromatic carbocycles. The molecule has 0 aliphatic rings. The molecule has 0 unspecified atom stereocenters. The Morgan fingerprint density at radius 3 is 2.35 bits per heavy atom. The number of aliphatic hydroxyl groups is 1. The van der Waals surface area contributed by atoms with Gasteiger partial charge in [0.15, 0.2) is 0 Å². The predicted octanol–water partition coefficient (Wildman–Crippen LogP) is 2.53. The molecule has 0 aliphatic heterocycles. The minimum atomic E-state index is -0.641. The Balaban J connectivity index is 2.40. The second kappa shape index (κ2) is 6.94. The summed E-state index contributed by atoms with van der Waals surface area (Å²) in [6.07, 6.45) is 0. The molecule has 0 spiro atoms. The minimum absolute atomic E-state index is 0.0481. The highest BCUT2D eigenvalue weighted by molar-refractivity contribution is 5.90. The third-order valence-electron chi connectivity index (χ3n) is 4.09. The van der Waals surface area contributed by atoms with Crippen LogP contribution in [-0.2, 0) is 6.61 Å². The Morgan fingerprint density at radius 1 is 1.00 bits per heavy atom. The maximum atomic E-state index is 12.2. The smallest absolute Gasteiger partial charge is 0.268 e. The molecule has 0 saturated carbocycles. The maximum Gasteiger partial charge on any atom is 0.268 e. The molecule has 0 bridgehead atoms. The van der Waals surface area contributed by atoms with Crippen molar-refractivity contribution >= 4 is 5.82 Å². The number of rotatable bonds is 3. The van der Waals surface area contributed by atoms with Gasteiger partial charge in [0, 0.05) is 5.56 Å². The van der Waals surface area contributed by atoms with Gasteiger partial charge in [-0.2, -0.15) is 10.5 Å². The molecule has 0 saturated heterocycles. The molecule has 0 atom stereocenters. The van der Waals surface area contributed by atoms with Gasteiger partial charge in [-0.05, 0) is 28.3 Å². The monoisotopic (exact) mass is 342 g/mol. The zero-order chi connectivity index (χ0) is 18.7. The van der Waals surface area contributed by atoms with E-state index in [1.807, 2.05) is 36.4 Å².